The summed E-state index contributed by atoms with van der Waals surface area (Å²) >= 11 is 7.76. The van der Waals surface area contributed by atoms with Crippen molar-refractivity contribution < 1.29 is 0 Å². The summed E-state index contributed by atoms with van der Waals surface area (Å²) in [6.07, 6.45) is 0. The molecule has 1 nitrogen and oxygen atoms in total. The molecule has 0 saturated heterocycles. The molecule has 0 fully saturated rings. The monoisotopic (exact) mass is 305 g/mol. The fourth-order valence-corrected chi connectivity index (χ4v) is 3.14. The lowest BCUT2D eigenvalue weighted by molar-refractivity contribution is 0.587. The lowest BCUT2D eigenvalue weighted by Crippen LogP contribution is -2.22. The van der Waals surface area contributed by atoms with Crippen LogP contribution < -0.4 is 5.32 Å². The van der Waals surface area contributed by atoms with Crippen LogP contribution in [0.2, 0.25) is 5.02 Å². The Morgan fingerprint density at radius 2 is 1.85 bits per heavy atom. The Kier molecular flexibility index (Phi) is 5.53. The number of halogens is 1. The third-order valence-electron chi connectivity index (χ3n) is 3.05. The molecule has 0 radical (unpaired) electrons. The van der Waals surface area contributed by atoms with Gasteiger partial charge in [0, 0.05) is 27.4 Å². The average Bonchev–Trinajstić information content (AvgIpc) is 2.37. The van der Waals surface area contributed by atoms with E-state index in [1.54, 1.807) is 11.8 Å². The smallest absolute Gasteiger partial charge is 0.0417 e. The molecule has 0 unspecified atom stereocenters. The zero-order valence-corrected chi connectivity index (χ0v) is 13.7. The Bertz CT molecular complexity index is 581. The van der Waals surface area contributed by atoms with Crippen molar-refractivity contribution in [1.29, 1.82) is 0 Å². The van der Waals surface area contributed by atoms with E-state index in [0.29, 0.717) is 6.04 Å². The highest BCUT2D eigenvalue weighted by Gasteiger charge is 2.03. The van der Waals surface area contributed by atoms with Gasteiger partial charge in [-0.2, -0.15) is 0 Å². The van der Waals surface area contributed by atoms with Crippen molar-refractivity contribution in [3.63, 3.8) is 0 Å². The maximum Gasteiger partial charge on any atom is 0.0417 e. The molecule has 0 aliphatic rings. The molecule has 3 heteroatoms. The molecule has 2 rings (SSSR count). The molecule has 106 valence electrons. The average molecular weight is 306 g/mol. The summed E-state index contributed by atoms with van der Waals surface area (Å²) in [6, 6.07) is 15.1. The van der Waals surface area contributed by atoms with Crippen molar-refractivity contribution in [2.45, 2.75) is 43.1 Å². The van der Waals surface area contributed by atoms with E-state index in [0.717, 1.165) is 11.6 Å². The molecule has 2 aromatic carbocycles. The van der Waals surface area contributed by atoms with Gasteiger partial charge < -0.3 is 5.32 Å². The first-order valence-corrected chi connectivity index (χ1v) is 8.00. The van der Waals surface area contributed by atoms with Crippen molar-refractivity contribution in [2.75, 3.05) is 0 Å². The van der Waals surface area contributed by atoms with E-state index in [-0.39, 0.29) is 0 Å². The van der Waals surface area contributed by atoms with Gasteiger partial charge in [0.2, 0.25) is 0 Å². The number of benzene rings is 2. The summed E-state index contributed by atoms with van der Waals surface area (Å²) in [7, 11) is 0. The Balaban J connectivity index is 2.09. The molecule has 0 aliphatic carbocycles. The van der Waals surface area contributed by atoms with Crippen LogP contribution in [0.1, 0.15) is 25.0 Å². The van der Waals surface area contributed by atoms with Crippen LogP contribution >= 0.6 is 23.4 Å². The lowest BCUT2D eigenvalue weighted by atomic mass is 10.1. The highest BCUT2D eigenvalue weighted by atomic mass is 35.5. The van der Waals surface area contributed by atoms with Crippen LogP contribution in [0.3, 0.4) is 0 Å². The van der Waals surface area contributed by atoms with Crippen LogP contribution in [-0.2, 0) is 6.54 Å². The van der Waals surface area contributed by atoms with Crippen molar-refractivity contribution in [1.82, 2.24) is 5.32 Å². The van der Waals surface area contributed by atoms with E-state index < -0.39 is 0 Å². The fraction of sp³-hybridized carbons (Fsp3) is 0.294. The Morgan fingerprint density at radius 1 is 1.10 bits per heavy atom. The standard InChI is InChI=1S/C17H20ClNS/c1-12(2)19-11-14-7-8-17(9-13(14)3)20-16-6-4-5-15(18)10-16/h4-10,12,19H,11H2,1-3H3. The number of nitrogens with one attached hydrogen (secondary N) is 1. The van der Waals surface area contributed by atoms with Crippen molar-refractivity contribution in [2.24, 2.45) is 0 Å². The minimum Gasteiger partial charge on any atom is -0.310 e. The van der Waals surface area contributed by atoms with E-state index in [2.05, 4.69) is 50.4 Å². The zero-order valence-electron chi connectivity index (χ0n) is 12.1. The SMILES string of the molecule is Cc1cc(Sc2cccc(Cl)c2)ccc1CNC(C)C. The third-order valence-corrected chi connectivity index (χ3v) is 4.26. The van der Waals surface area contributed by atoms with Crippen LogP contribution in [0.15, 0.2) is 52.3 Å². The highest BCUT2D eigenvalue weighted by molar-refractivity contribution is 7.99. The van der Waals surface area contributed by atoms with Crippen molar-refractivity contribution in [3.05, 3.63) is 58.6 Å². The summed E-state index contributed by atoms with van der Waals surface area (Å²) in [5.41, 5.74) is 2.68. The van der Waals surface area contributed by atoms with Gasteiger partial charge in [0.15, 0.2) is 0 Å². The van der Waals surface area contributed by atoms with Gasteiger partial charge in [-0.1, -0.05) is 49.3 Å². The molecular formula is C17H20ClNS. The topological polar surface area (TPSA) is 12.0 Å². The number of hydrogen-bond donors (Lipinski definition) is 1. The molecule has 20 heavy (non-hydrogen) atoms. The Labute approximate surface area is 130 Å². The summed E-state index contributed by atoms with van der Waals surface area (Å²) in [5.74, 6) is 0. The molecular weight excluding hydrogens is 286 g/mol. The summed E-state index contributed by atoms with van der Waals surface area (Å²) in [5, 5.41) is 4.24. The maximum absolute atomic E-state index is 6.02. The second-order valence-electron chi connectivity index (χ2n) is 5.18. The van der Waals surface area contributed by atoms with E-state index in [9.17, 15) is 0 Å². The van der Waals surface area contributed by atoms with Gasteiger partial charge in [0.25, 0.3) is 0 Å². The minimum atomic E-state index is 0.509. The predicted molar refractivity (Wildman–Crippen MR) is 88.7 cm³/mol. The van der Waals surface area contributed by atoms with Crippen LogP contribution in [0.4, 0.5) is 0 Å². The Hall–Kier alpha value is -0.960. The molecule has 0 saturated carbocycles. The Morgan fingerprint density at radius 3 is 2.50 bits per heavy atom. The van der Waals surface area contributed by atoms with Gasteiger partial charge in [-0.15, -0.1) is 0 Å². The number of aryl methyl sites for hydroxylation is 1. The largest absolute Gasteiger partial charge is 0.310 e. The van der Waals surface area contributed by atoms with Gasteiger partial charge in [-0.25, -0.2) is 0 Å². The van der Waals surface area contributed by atoms with Gasteiger partial charge in [0.05, 0.1) is 0 Å². The molecule has 1 N–H and O–H groups in total. The van der Waals surface area contributed by atoms with Crippen LogP contribution in [0.5, 0.6) is 0 Å². The zero-order chi connectivity index (χ0) is 14.5. The quantitative estimate of drug-likeness (QED) is 0.804. The van der Waals surface area contributed by atoms with Gasteiger partial charge >= 0.3 is 0 Å². The number of hydrogen-bond acceptors (Lipinski definition) is 2. The molecule has 2 aromatic rings. The highest BCUT2D eigenvalue weighted by Crippen LogP contribution is 2.30. The van der Waals surface area contributed by atoms with Crippen LogP contribution in [0.25, 0.3) is 0 Å². The molecule has 0 spiro atoms. The summed E-state index contributed by atoms with van der Waals surface area (Å²) in [4.78, 5) is 2.42. The van der Waals surface area contributed by atoms with E-state index in [1.807, 2.05) is 18.2 Å². The van der Waals surface area contributed by atoms with Crippen LogP contribution in [-0.4, -0.2) is 6.04 Å². The molecule has 0 aromatic heterocycles. The molecule has 0 bridgehead atoms. The third kappa shape index (κ3) is 4.55. The van der Waals surface area contributed by atoms with E-state index in [1.165, 1.54) is 20.9 Å². The summed E-state index contributed by atoms with van der Waals surface area (Å²) in [6.45, 7) is 7.42. The fourth-order valence-electron chi connectivity index (χ4n) is 1.91. The second-order valence-corrected chi connectivity index (χ2v) is 6.77. The maximum atomic E-state index is 6.02. The molecule has 0 amide bonds. The first kappa shape index (κ1) is 15.4. The minimum absolute atomic E-state index is 0.509. The first-order valence-electron chi connectivity index (χ1n) is 6.81. The molecule has 0 heterocycles. The molecule has 0 atom stereocenters. The van der Waals surface area contributed by atoms with E-state index in [4.69, 9.17) is 11.6 Å². The van der Waals surface area contributed by atoms with Gasteiger partial charge in [0.1, 0.15) is 0 Å². The van der Waals surface area contributed by atoms with Gasteiger partial charge in [-0.05, 0) is 48.4 Å². The van der Waals surface area contributed by atoms with Crippen LogP contribution in [0, 0.1) is 6.92 Å². The first-order chi connectivity index (χ1) is 9.54. The van der Waals surface area contributed by atoms with Crippen molar-refractivity contribution in [3.8, 4) is 0 Å². The van der Waals surface area contributed by atoms with E-state index >= 15 is 0 Å². The molecule has 0 aliphatic heterocycles. The lowest BCUT2D eigenvalue weighted by Gasteiger charge is -2.12. The second kappa shape index (κ2) is 7.16. The normalized spacial score (nSPS) is 11.1. The summed E-state index contributed by atoms with van der Waals surface area (Å²) < 4.78 is 0. The van der Waals surface area contributed by atoms with Gasteiger partial charge in [-0.3, -0.25) is 0 Å². The predicted octanol–water partition coefficient (Wildman–Crippen LogP) is 5.30. The van der Waals surface area contributed by atoms with Crippen molar-refractivity contribution >= 4 is 23.4 Å². The number of rotatable bonds is 5.